The lowest BCUT2D eigenvalue weighted by Crippen LogP contribution is -2.52. The third kappa shape index (κ3) is 8.23. The van der Waals surface area contributed by atoms with Gasteiger partial charge in [0.15, 0.2) is 0 Å². The maximum atomic E-state index is 13.1. The van der Waals surface area contributed by atoms with Crippen LogP contribution in [0, 0.1) is 0 Å². The van der Waals surface area contributed by atoms with Gasteiger partial charge in [0, 0.05) is 32.1 Å². The molecule has 0 saturated heterocycles. The van der Waals surface area contributed by atoms with E-state index in [1.807, 2.05) is 73.7 Å². The minimum atomic E-state index is -0.768. The van der Waals surface area contributed by atoms with Crippen LogP contribution < -0.4 is 20.7 Å². The molecule has 0 radical (unpaired) electrons. The number of ether oxygens (including phenoxy) is 1. The highest BCUT2D eigenvalue weighted by atomic mass is 16.5. The molecule has 192 valence electrons. The summed E-state index contributed by atoms with van der Waals surface area (Å²) in [5.41, 5.74) is 1.82. The monoisotopic (exact) mass is 492 g/mol. The van der Waals surface area contributed by atoms with Crippen LogP contribution in [0.4, 0.5) is 0 Å². The summed E-state index contributed by atoms with van der Waals surface area (Å²) in [6, 6.07) is 16.0. The van der Waals surface area contributed by atoms with E-state index in [1.165, 1.54) is 4.90 Å². The summed E-state index contributed by atoms with van der Waals surface area (Å²) in [5.74, 6) is -0.110. The Labute approximate surface area is 213 Å². The fraction of sp³-hybridized carbons (Fsp3) is 0.393. The topological polar surface area (TPSA) is 99.8 Å². The predicted octanol–water partition coefficient (Wildman–Crippen LogP) is 2.15. The normalized spacial score (nSPS) is 21.3. The number of amides is 3. The average molecular weight is 493 g/mol. The number of hydrogen-bond acceptors (Lipinski definition) is 5. The van der Waals surface area contributed by atoms with Crippen LogP contribution in [0.25, 0.3) is 6.08 Å². The standard InChI is InChI=1S/C28H36N4O4/c1-3-10-23-28(35)32(2)20-26(33)31-24(19-21-11-5-4-6-12-21)27(34)30-16-9-14-22-13-7-8-15-25(22)36-18-17-29-23/h4-9,11-15,23-24,29H,3,10,16-20H2,1-2H3,(H,30,34)(H,31,33)/b14-9+/t23-,24-/m1/s1. The molecule has 0 bridgehead atoms. The summed E-state index contributed by atoms with van der Waals surface area (Å²) in [5, 5.41) is 8.97. The highest BCUT2D eigenvalue weighted by Gasteiger charge is 2.25. The van der Waals surface area contributed by atoms with Gasteiger partial charge in [-0.1, -0.05) is 74.0 Å². The number of carbonyl (C=O) groups excluding carboxylic acids is 3. The van der Waals surface area contributed by atoms with Crippen LogP contribution in [-0.4, -0.2) is 68.0 Å². The summed E-state index contributed by atoms with van der Waals surface area (Å²) in [7, 11) is 1.61. The smallest absolute Gasteiger partial charge is 0.243 e. The molecule has 0 unspecified atom stereocenters. The SMILES string of the molecule is CCC[C@H]1NCCOc2ccccc2/C=C/CNC(=O)[C@@H](Cc2ccccc2)NC(=O)CN(C)C1=O. The number of benzene rings is 2. The molecular weight excluding hydrogens is 456 g/mol. The lowest BCUT2D eigenvalue weighted by Gasteiger charge is -2.25. The van der Waals surface area contributed by atoms with Gasteiger partial charge >= 0.3 is 0 Å². The Bertz CT molecular complexity index is 1040. The Morgan fingerprint density at radius 2 is 1.75 bits per heavy atom. The van der Waals surface area contributed by atoms with Crippen molar-refractivity contribution in [2.45, 2.75) is 38.3 Å². The van der Waals surface area contributed by atoms with Gasteiger partial charge in [-0.25, -0.2) is 0 Å². The number of hydrogen-bond donors (Lipinski definition) is 3. The van der Waals surface area contributed by atoms with Crippen LogP contribution in [0.1, 0.15) is 30.9 Å². The van der Waals surface area contributed by atoms with E-state index in [0.717, 1.165) is 23.3 Å². The number of carbonyl (C=O) groups is 3. The van der Waals surface area contributed by atoms with Crippen LogP contribution in [0.5, 0.6) is 5.75 Å². The first kappa shape index (κ1) is 26.9. The van der Waals surface area contributed by atoms with Crippen molar-refractivity contribution in [3.63, 3.8) is 0 Å². The van der Waals surface area contributed by atoms with E-state index in [0.29, 0.717) is 32.5 Å². The van der Waals surface area contributed by atoms with Gasteiger partial charge in [-0.15, -0.1) is 0 Å². The largest absolute Gasteiger partial charge is 0.492 e. The van der Waals surface area contributed by atoms with E-state index in [-0.39, 0.29) is 24.3 Å². The summed E-state index contributed by atoms with van der Waals surface area (Å²) >= 11 is 0. The van der Waals surface area contributed by atoms with Gasteiger partial charge in [0.25, 0.3) is 0 Å². The maximum absolute atomic E-state index is 13.1. The number of para-hydroxylation sites is 1. The molecular formula is C28H36N4O4. The molecule has 2 atom stereocenters. The Kier molecular flexibility index (Phi) is 10.5. The quantitative estimate of drug-likeness (QED) is 0.608. The molecule has 1 aliphatic rings. The zero-order valence-corrected chi connectivity index (χ0v) is 21.0. The second kappa shape index (κ2) is 14.0. The summed E-state index contributed by atoms with van der Waals surface area (Å²) in [6.07, 6.45) is 5.55. The highest BCUT2D eigenvalue weighted by molar-refractivity contribution is 5.91. The van der Waals surface area contributed by atoms with E-state index >= 15 is 0 Å². The van der Waals surface area contributed by atoms with E-state index in [4.69, 9.17) is 4.74 Å². The molecule has 0 aliphatic carbocycles. The van der Waals surface area contributed by atoms with Gasteiger partial charge < -0.3 is 25.6 Å². The maximum Gasteiger partial charge on any atom is 0.243 e. The second-order valence-corrected chi connectivity index (χ2v) is 8.83. The molecule has 8 heteroatoms. The number of fused-ring (bicyclic) bond motifs is 1. The molecule has 3 N–H and O–H groups in total. The fourth-order valence-corrected chi connectivity index (χ4v) is 4.07. The number of rotatable bonds is 4. The summed E-state index contributed by atoms with van der Waals surface area (Å²) in [4.78, 5) is 40.3. The van der Waals surface area contributed by atoms with Crippen molar-refractivity contribution in [3.8, 4) is 5.75 Å². The third-order valence-electron chi connectivity index (χ3n) is 5.93. The van der Waals surface area contributed by atoms with Gasteiger partial charge in [-0.3, -0.25) is 14.4 Å². The van der Waals surface area contributed by atoms with Crippen LogP contribution in [0.15, 0.2) is 60.7 Å². The molecule has 36 heavy (non-hydrogen) atoms. The van der Waals surface area contributed by atoms with Crippen LogP contribution in [0.2, 0.25) is 0 Å². The van der Waals surface area contributed by atoms with E-state index in [1.54, 1.807) is 7.05 Å². The zero-order chi connectivity index (χ0) is 25.8. The average Bonchev–Trinajstić information content (AvgIpc) is 2.88. The number of nitrogens with one attached hydrogen (secondary N) is 3. The first-order valence-corrected chi connectivity index (χ1v) is 12.5. The Morgan fingerprint density at radius 1 is 1.00 bits per heavy atom. The molecule has 0 saturated carbocycles. The highest BCUT2D eigenvalue weighted by Crippen LogP contribution is 2.19. The zero-order valence-electron chi connectivity index (χ0n) is 21.0. The second-order valence-electron chi connectivity index (χ2n) is 8.83. The van der Waals surface area contributed by atoms with Crippen molar-refractivity contribution in [2.75, 3.05) is 33.3 Å². The van der Waals surface area contributed by atoms with Crippen molar-refractivity contribution in [1.82, 2.24) is 20.9 Å². The molecule has 1 heterocycles. The number of likely N-dealkylation sites (N-methyl/N-ethyl adjacent to an activating group) is 1. The summed E-state index contributed by atoms with van der Waals surface area (Å²) < 4.78 is 5.95. The van der Waals surface area contributed by atoms with Crippen molar-refractivity contribution < 1.29 is 19.1 Å². The molecule has 0 spiro atoms. The van der Waals surface area contributed by atoms with Crippen LogP contribution >= 0.6 is 0 Å². The Hall–Kier alpha value is -3.65. The van der Waals surface area contributed by atoms with Crippen LogP contribution in [0.3, 0.4) is 0 Å². The lowest BCUT2D eigenvalue weighted by atomic mass is 10.1. The molecule has 8 nitrogen and oxygen atoms in total. The van der Waals surface area contributed by atoms with E-state index in [9.17, 15) is 14.4 Å². The van der Waals surface area contributed by atoms with Gasteiger partial charge in [-0.2, -0.15) is 0 Å². The summed E-state index contributed by atoms with van der Waals surface area (Å²) in [6.45, 7) is 3.05. The Morgan fingerprint density at radius 3 is 2.53 bits per heavy atom. The van der Waals surface area contributed by atoms with Gasteiger partial charge in [0.2, 0.25) is 17.7 Å². The van der Waals surface area contributed by atoms with E-state index < -0.39 is 12.1 Å². The lowest BCUT2D eigenvalue weighted by molar-refractivity contribution is -0.137. The molecule has 3 rings (SSSR count). The van der Waals surface area contributed by atoms with Crippen LogP contribution in [-0.2, 0) is 20.8 Å². The van der Waals surface area contributed by atoms with E-state index in [2.05, 4.69) is 16.0 Å². The molecule has 0 fully saturated rings. The molecule has 2 aromatic rings. The van der Waals surface area contributed by atoms with Crippen molar-refractivity contribution in [2.24, 2.45) is 0 Å². The van der Waals surface area contributed by atoms with Gasteiger partial charge in [0.1, 0.15) is 18.4 Å². The molecule has 0 aromatic heterocycles. The van der Waals surface area contributed by atoms with Crippen molar-refractivity contribution >= 4 is 23.8 Å². The first-order valence-electron chi connectivity index (χ1n) is 12.5. The molecule has 1 aliphatic heterocycles. The van der Waals surface area contributed by atoms with Gasteiger partial charge in [-0.05, 0) is 18.1 Å². The molecule has 2 aromatic carbocycles. The van der Waals surface area contributed by atoms with Crippen molar-refractivity contribution in [3.05, 3.63) is 71.8 Å². The Balaban J connectivity index is 1.82. The predicted molar refractivity (Wildman–Crippen MR) is 140 cm³/mol. The number of nitrogens with zero attached hydrogens (tertiary/aromatic N) is 1. The van der Waals surface area contributed by atoms with Crippen molar-refractivity contribution in [1.29, 1.82) is 0 Å². The molecule has 3 amide bonds. The fourth-order valence-electron chi connectivity index (χ4n) is 4.07. The minimum Gasteiger partial charge on any atom is -0.492 e. The minimum absolute atomic E-state index is 0.136. The first-order chi connectivity index (χ1) is 17.5. The van der Waals surface area contributed by atoms with Gasteiger partial charge in [0.05, 0.1) is 12.6 Å². The third-order valence-corrected chi connectivity index (χ3v) is 5.93.